The first-order valence-electron chi connectivity index (χ1n) is 5.20. The van der Waals surface area contributed by atoms with Crippen LogP contribution >= 0.6 is 0 Å². The monoisotopic (exact) mass is 220 g/mol. The quantitative estimate of drug-likeness (QED) is 0.731. The fourth-order valence-corrected chi connectivity index (χ4v) is 1.21. The van der Waals surface area contributed by atoms with E-state index in [2.05, 4.69) is 10.3 Å². The summed E-state index contributed by atoms with van der Waals surface area (Å²) < 4.78 is 0. The Morgan fingerprint density at radius 2 is 2.38 bits per heavy atom. The molecule has 0 aliphatic carbocycles. The Morgan fingerprint density at radius 3 is 3.06 bits per heavy atom. The topological polar surface area (TPSA) is 62.2 Å². The second kappa shape index (κ2) is 6.74. The van der Waals surface area contributed by atoms with Crippen LogP contribution in [-0.4, -0.2) is 22.5 Å². The van der Waals surface area contributed by atoms with Crippen LogP contribution in [0.5, 0.6) is 0 Å². The van der Waals surface area contributed by atoms with Gasteiger partial charge in [0, 0.05) is 13.5 Å². The molecular weight excluding hydrogens is 204 g/mol. The number of carbonyl (C=O) groups is 1. The van der Waals surface area contributed by atoms with E-state index in [9.17, 15) is 4.79 Å². The summed E-state index contributed by atoms with van der Waals surface area (Å²) >= 11 is 0. The Bertz CT molecular complexity index is 375. The molecule has 1 aromatic rings. The van der Waals surface area contributed by atoms with Crippen molar-refractivity contribution in [3.8, 4) is 0 Å². The summed E-state index contributed by atoms with van der Waals surface area (Å²) in [6, 6.07) is 5.49. The maximum absolute atomic E-state index is 10.6. The first-order chi connectivity index (χ1) is 7.72. The minimum Gasteiger partial charge on any atom is -0.390 e. The van der Waals surface area contributed by atoms with Crippen LogP contribution in [0, 0.1) is 0 Å². The standard InChI is InChI=1S/C12H16N2O2/c1-10(16)13-8-3-2-5-11-6-4-7-12(9-15)14-11/h2,4-7,15H,3,8-9H2,1H3,(H,13,16). The van der Waals surface area contributed by atoms with Crippen molar-refractivity contribution >= 4 is 12.0 Å². The second-order valence-electron chi connectivity index (χ2n) is 3.39. The zero-order valence-electron chi connectivity index (χ0n) is 9.31. The maximum Gasteiger partial charge on any atom is 0.216 e. The molecule has 0 aromatic carbocycles. The molecule has 0 unspecified atom stereocenters. The lowest BCUT2D eigenvalue weighted by molar-refractivity contribution is -0.118. The lowest BCUT2D eigenvalue weighted by Crippen LogP contribution is -2.20. The molecule has 0 spiro atoms. The van der Waals surface area contributed by atoms with Gasteiger partial charge in [-0.1, -0.05) is 12.1 Å². The van der Waals surface area contributed by atoms with Crippen molar-refractivity contribution in [2.45, 2.75) is 20.0 Å². The summed E-state index contributed by atoms with van der Waals surface area (Å²) in [7, 11) is 0. The molecule has 2 N–H and O–H groups in total. The number of aromatic nitrogens is 1. The van der Waals surface area contributed by atoms with Gasteiger partial charge in [0.05, 0.1) is 18.0 Å². The molecule has 4 heteroatoms. The zero-order chi connectivity index (χ0) is 11.8. The van der Waals surface area contributed by atoms with Gasteiger partial charge < -0.3 is 10.4 Å². The summed E-state index contributed by atoms with van der Waals surface area (Å²) in [6.07, 6.45) is 4.59. The van der Waals surface area contributed by atoms with E-state index < -0.39 is 0 Å². The SMILES string of the molecule is CC(=O)NCCC=Cc1cccc(CO)n1. The third-order valence-electron chi connectivity index (χ3n) is 1.96. The van der Waals surface area contributed by atoms with Gasteiger partial charge in [-0.3, -0.25) is 9.78 Å². The van der Waals surface area contributed by atoms with Crippen molar-refractivity contribution in [1.82, 2.24) is 10.3 Å². The van der Waals surface area contributed by atoms with Gasteiger partial charge in [-0.25, -0.2) is 0 Å². The smallest absolute Gasteiger partial charge is 0.216 e. The van der Waals surface area contributed by atoms with Crippen LogP contribution < -0.4 is 5.32 Å². The van der Waals surface area contributed by atoms with Crippen LogP contribution in [0.4, 0.5) is 0 Å². The van der Waals surface area contributed by atoms with Crippen LogP contribution in [0.3, 0.4) is 0 Å². The Hall–Kier alpha value is -1.68. The number of amides is 1. The van der Waals surface area contributed by atoms with E-state index >= 15 is 0 Å². The van der Waals surface area contributed by atoms with Gasteiger partial charge in [0.25, 0.3) is 0 Å². The average Bonchev–Trinajstić information content (AvgIpc) is 2.28. The number of rotatable bonds is 5. The van der Waals surface area contributed by atoms with E-state index in [1.54, 1.807) is 6.07 Å². The van der Waals surface area contributed by atoms with E-state index in [0.717, 1.165) is 12.1 Å². The van der Waals surface area contributed by atoms with Crippen LogP contribution in [0.1, 0.15) is 24.7 Å². The van der Waals surface area contributed by atoms with Gasteiger partial charge in [0.1, 0.15) is 0 Å². The van der Waals surface area contributed by atoms with E-state index in [1.165, 1.54) is 6.92 Å². The van der Waals surface area contributed by atoms with Crippen LogP contribution in [-0.2, 0) is 11.4 Å². The second-order valence-corrected chi connectivity index (χ2v) is 3.39. The van der Waals surface area contributed by atoms with Crippen LogP contribution in [0.25, 0.3) is 6.08 Å². The lowest BCUT2D eigenvalue weighted by Gasteiger charge is -1.98. The van der Waals surface area contributed by atoms with E-state index in [0.29, 0.717) is 12.2 Å². The number of aliphatic hydroxyl groups is 1. The Morgan fingerprint density at radius 1 is 1.56 bits per heavy atom. The number of pyridine rings is 1. The highest BCUT2D eigenvalue weighted by Crippen LogP contribution is 2.02. The van der Waals surface area contributed by atoms with Crippen molar-refractivity contribution in [1.29, 1.82) is 0 Å². The van der Waals surface area contributed by atoms with E-state index in [4.69, 9.17) is 5.11 Å². The first-order valence-corrected chi connectivity index (χ1v) is 5.20. The Labute approximate surface area is 95.0 Å². The fraction of sp³-hybridized carbons (Fsp3) is 0.333. The molecule has 4 nitrogen and oxygen atoms in total. The van der Waals surface area contributed by atoms with Crippen LogP contribution in [0.15, 0.2) is 24.3 Å². The number of hydrogen-bond donors (Lipinski definition) is 2. The molecule has 0 atom stereocenters. The van der Waals surface area contributed by atoms with Gasteiger partial charge >= 0.3 is 0 Å². The van der Waals surface area contributed by atoms with Gasteiger partial charge in [0.15, 0.2) is 0 Å². The Balaban J connectivity index is 2.40. The molecule has 0 saturated carbocycles. The lowest BCUT2D eigenvalue weighted by atomic mass is 10.2. The number of nitrogens with zero attached hydrogens (tertiary/aromatic N) is 1. The number of carbonyl (C=O) groups excluding carboxylic acids is 1. The van der Waals surface area contributed by atoms with Gasteiger partial charge in [-0.2, -0.15) is 0 Å². The first kappa shape index (κ1) is 12.4. The highest BCUT2D eigenvalue weighted by Gasteiger charge is 1.92. The van der Waals surface area contributed by atoms with Gasteiger partial charge in [-0.05, 0) is 24.6 Å². The van der Waals surface area contributed by atoms with Crippen molar-refractivity contribution in [3.05, 3.63) is 35.7 Å². The predicted molar refractivity (Wildman–Crippen MR) is 62.5 cm³/mol. The Kier molecular flexibility index (Phi) is 5.22. The van der Waals surface area contributed by atoms with Gasteiger partial charge in [-0.15, -0.1) is 0 Å². The third-order valence-corrected chi connectivity index (χ3v) is 1.96. The number of nitrogens with one attached hydrogen (secondary N) is 1. The van der Waals surface area contributed by atoms with E-state index in [1.807, 2.05) is 24.3 Å². The normalized spacial score (nSPS) is 10.6. The minimum absolute atomic E-state index is 0.0196. The summed E-state index contributed by atoms with van der Waals surface area (Å²) in [4.78, 5) is 14.8. The van der Waals surface area contributed by atoms with Crippen molar-refractivity contribution in [2.24, 2.45) is 0 Å². The van der Waals surface area contributed by atoms with E-state index in [-0.39, 0.29) is 12.5 Å². The third kappa shape index (κ3) is 4.70. The van der Waals surface area contributed by atoms with Crippen molar-refractivity contribution < 1.29 is 9.90 Å². The van der Waals surface area contributed by atoms with Crippen molar-refractivity contribution in [3.63, 3.8) is 0 Å². The molecule has 0 fully saturated rings. The fourth-order valence-electron chi connectivity index (χ4n) is 1.21. The van der Waals surface area contributed by atoms with Crippen molar-refractivity contribution in [2.75, 3.05) is 6.54 Å². The molecule has 1 rings (SSSR count). The summed E-state index contributed by atoms with van der Waals surface area (Å²) in [5.74, 6) is -0.0196. The zero-order valence-corrected chi connectivity index (χ0v) is 9.31. The molecule has 0 aliphatic heterocycles. The molecule has 16 heavy (non-hydrogen) atoms. The summed E-state index contributed by atoms with van der Waals surface area (Å²) in [5.41, 5.74) is 1.47. The molecule has 0 radical (unpaired) electrons. The summed E-state index contributed by atoms with van der Waals surface area (Å²) in [5, 5.41) is 11.6. The highest BCUT2D eigenvalue weighted by molar-refractivity contribution is 5.72. The van der Waals surface area contributed by atoms with Crippen LogP contribution in [0.2, 0.25) is 0 Å². The molecular formula is C12H16N2O2. The molecule has 0 saturated heterocycles. The largest absolute Gasteiger partial charge is 0.390 e. The minimum atomic E-state index is -0.0480. The predicted octanol–water partition coefficient (Wildman–Crippen LogP) is 1.11. The molecule has 0 bridgehead atoms. The number of aliphatic hydroxyl groups excluding tert-OH is 1. The average molecular weight is 220 g/mol. The molecule has 86 valence electrons. The summed E-state index contributed by atoms with van der Waals surface area (Å²) in [6.45, 7) is 2.08. The number of hydrogen-bond acceptors (Lipinski definition) is 3. The van der Waals surface area contributed by atoms with Gasteiger partial charge in [0.2, 0.25) is 5.91 Å². The molecule has 1 heterocycles. The molecule has 1 amide bonds. The molecule has 1 aromatic heterocycles. The molecule has 0 aliphatic rings. The maximum atomic E-state index is 10.6. The highest BCUT2D eigenvalue weighted by atomic mass is 16.3.